The lowest BCUT2D eigenvalue weighted by Gasteiger charge is -2.04. The molecule has 92 valence electrons. The van der Waals surface area contributed by atoms with Crippen LogP contribution in [0, 0.1) is 11.3 Å². The van der Waals surface area contributed by atoms with E-state index in [0.717, 1.165) is 22.2 Å². The lowest BCUT2D eigenvalue weighted by Crippen LogP contribution is -1.92. The molecule has 2 aromatic heterocycles. The van der Waals surface area contributed by atoms with Crippen molar-refractivity contribution in [3.63, 3.8) is 0 Å². The zero-order chi connectivity index (χ0) is 13.4. The summed E-state index contributed by atoms with van der Waals surface area (Å²) in [6, 6.07) is 11.8. The second kappa shape index (κ2) is 4.42. The summed E-state index contributed by atoms with van der Waals surface area (Å²) in [4.78, 5) is 4.10. The Balaban J connectivity index is 2.25. The van der Waals surface area contributed by atoms with Crippen LogP contribution in [0.3, 0.4) is 0 Å². The highest BCUT2D eigenvalue weighted by Crippen LogP contribution is 2.28. The summed E-state index contributed by atoms with van der Waals surface area (Å²) >= 11 is 6.02. The third-order valence-corrected chi connectivity index (χ3v) is 3.41. The number of nitriles is 1. The van der Waals surface area contributed by atoms with Crippen molar-refractivity contribution in [2.75, 3.05) is 0 Å². The Labute approximate surface area is 115 Å². The molecule has 0 bridgehead atoms. The molecule has 0 fully saturated rings. The second-order valence-corrected chi connectivity index (χ2v) is 4.80. The van der Waals surface area contributed by atoms with Crippen molar-refractivity contribution in [2.24, 2.45) is 7.05 Å². The van der Waals surface area contributed by atoms with Gasteiger partial charge in [0.05, 0.1) is 11.3 Å². The van der Waals surface area contributed by atoms with E-state index in [2.05, 4.69) is 21.7 Å². The maximum atomic E-state index is 8.94. The molecule has 0 N–H and O–H groups in total. The van der Waals surface area contributed by atoms with Crippen LogP contribution in [0.25, 0.3) is 22.2 Å². The first kappa shape index (κ1) is 11.8. The molecular formula is C15H10ClN3. The Hall–Kier alpha value is -2.31. The lowest BCUT2D eigenvalue weighted by atomic mass is 10.1. The van der Waals surface area contributed by atoms with E-state index in [-0.39, 0.29) is 0 Å². The van der Waals surface area contributed by atoms with E-state index in [1.165, 1.54) is 0 Å². The molecule has 3 aromatic rings. The molecular weight excluding hydrogens is 258 g/mol. The van der Waals surface area contributed by atoms with Gasteiger partial charge < -0.3 is 4.57 Å². The Morgan fingerprint density at radius 3 is 2.84 bits per heavy atom. The summed E-state index contributed by atoms with van der Waals surface area (Å²) in [5, 5.41) is 10.8. The zero-order valence-electron chi connectivity index (χ0n) is 10.3. The average molecular weight is 268 g/mol. The topological polar surface area (TPSA) is 41.6 Å². The van der Waals surface area contributed by atoms with E-state index in [0.29, 0.717) is 10.6 Å². The fraction of sp³-hybridized carbons (Fsp3) is 0.0667. The Bertz CT molecular complexity index is 812. The summed E-state index contributed by atoms with van der Waals surface area (Å²) in [5.74, 6) is 0. The smallest absolute Gasteiger partial charge is 0.101 e. The molecule has 0 unspecified atom stereocenters. The van der Waals surface area contributed by atoms with Gasteiger partial charge in [0.1, 0.15) is 6.07 Å². The number of rotatable bonds is 1. The van der Waals surface area contributed by atoms with E-state index in [9.17, 15) is 0 Å². The van der Waals surface area contributed by atoms with Crippen LogP contribution in [0.5, 0.6) is 0 Å². The van der Waals surface area contributed by atoms with Gasteiger partial charge in [0.2, 0.25) is 0 Å². The fourth-order valence-electron chi connectivity index (χ4n) is 2.22. The highest BCUT2D eigenvalue weighted by molar-refractivity contribution is 6.31. The Morgan fingerprint density at radius 1 is 1.21 bits per heavy atom. The molecule has 0 radical (unpaired) electrons. The number of aryl methyl sites for hydroxylation is 1. The number of nitrogens with zero attached hydrogens (tertiary/aromatic N) is 3. The van der Waals surface area contributed by atoms with Crippen LogP contribution >= 0.6 is 11.6 Å². The van der Waals surface area contributed by atoms with Gasteiger partial charge in [-0.05, 0) is 24.3 Å². The van der Waals surface area contributed by atoms with Crippen molar-refractivity contribution < 1.29 is 0 Å². The largest absolute Gasteiger partial charge is 0.344 e. The van der Waals surface area contributed by atoms with Crippen LogP contribution < -0.4 is 0 Å². The van der Waals surface area contributed by atoms with Gasteiger partial charge in [-0.2, -0.15) is 5.26 Å². The zero-order valence-corrected chi connectivity index (χ0v) is 11.0. The van der Waals surface area contributed by atoms with Gasteiger partial charge in [0, 0.05) is 40.9 Å². The molecule has 0 aliphatic heterocycles. The lowest BCUT2D eigenvalue weighted by molar-refractivity contribution is 0.976. The third-order valence-electron chi connectivity index (χ3n) is 3.17. The number of benzene rings is 1. The van der Waals surface area contributed by atoms with Crippen molar-refractivity contribution in [2.45, 2.75) is 0 Å². The first-order valence-electron chi connectivity index (χ1n) is 5.79. The molecule has 1 aromatic carbocycles. The molecule has 2 heterocycles. The first-order valence-corrected chi connectivity index (χ1v) is 6.17. The number of pyridine rings is 1. The molecule has 0 saturated carbocycles. The van der Waals surface area contributed by atoms with E-state index >= 15 is 0 Å². The Kier molecular flexibility index (Phi) is 2.73. The summed E-state index contributed by atoms with van der Waals surface area (Å²) in [7, 11) is 1.98. The minimum Gasteiger partial charge on any atom is -0.344 e. The van der Waals surface area contributed by atoms with Gasteiger partial charge in [-0.1, -0.05) is 17.7 Å². The molecule has 3 nitrogen and oxygen atoms in total. The van der Waals surface area contributed by atoms with Gasteiger partial charge >= 0.3 is 0 Å². The number of halogens is 1. The molecule has 0 amide bonds. The van der Waals surface area contributed by atoms with E-state index < -0.39 is 0 Å². The maximum absolute atomic E-state index is 8.94. The summed E-state index contributed by atoms with van der Waals surface area (Å²) < 4.78 is 2.05. The fourth-order valence-corrected chi connectivity index (χ4v) is 2.39. The summed E-state index contributed by atoms with van der Waals surface area (Å²) in [5.41, 5.74) is 3.56. The van der Waals surface area contributed by atoms with E-state index in [1.807, 2.05) is 31.3 Å². The van der Waals surface area contributed by atoms with Crippen LogP contribution in [-0.2, 0) is 7.05 Å². The number of hydrogen-bond acceptors (Lipinski definition) is 2. The Morgan fingerprint density at radius 2 is 2.05 bits per heavy atom. The summed E-state index contributed by atoms with van der Waals surface area (Å²) in [6.07, 6.45) is 3.32. The van der Waals surface area contributed by atoms with E-state index in [4.69, 9.17) is 16.9 Å². The molecule has 4 heteroatoms. The van der Waals surface area contributed by atoms with Gasteiger partial charge in [0.25, 0.3) is 0 Å². The molecule has 0 spiro atoms. The van der Waals surface area contributed by atoms with Crippen molar-refractivity contribution in [3.05, 3.63) is 53.3 Å². The van der Waals surface area contributed by atoms with Crippen molar-refractivity contribution in [1.29, 1.82) is 5.26 Å². The van der Waals surface area contributed by atoms with E-state index in [1.54, 1.807) is 12.4 Å². The highest BCUT2D eigenvalue weighted by atomic mass is 35.5. The maximum Gasteiger partial charge on any atom is 0.101 e. The van der Waals surface area contributed by atoms with Gasteiger partial charge in [0.15, 0.2) is 0 Å². The average Bonchev–Trinajstić information content (AvgIpc) is 2.76. The van der Waals surface area contributed by atoms with Crippen LogP contribution in [0.4, 0.5) is 0 Å². The minimum absolute atomic E-state index is 0.556. The van der Waals surface area contributed by atoms with Crippen molar-refractivity contribution in [3.8, 4) is 17.3 Å². The van der Waals surface area contributed by atoms with Crippen LogP contribution in [0.2, 0.25) is 5.02 Å². The predicted octanol–water partition coefficient (Wildman–Crippen LogP) is 3.77. The van der Waals surface area contributed by atoms with Crippen LogP contribution in [-0.4, -0.2) is 9.55 Å². The normalized spacial score (nSPS) is 10.6. The van der Waals surface area contributed by atoms with Gasteiger partial charge in [-0.3, -0.25) is 4.98 Å². The number of hydrogen-bond donors (Lipinski definition) is 0. The molecule has 3 rings (SSSR count). The molecule has 0 aliphatic rings. The number of fused-ring (bicyclic) bond motifs is 1. The van der Waals surface area contributed by atoms with Crippen molar-refractivity contribution in [1.82, 2.24) is 9.55 Å². The predicted molar refractivity (Wildman–Crippen MR) is 75.9 cm³/mol. The standard InChI is InChI=1S/C15H10ClN3/c1-19-14(12-4-10(7-17)8-18-9-12)5-11-2-3-13(16)6-15(11)19/h2-6,8-9H,1H3. The summed E-state index contributed by atoms with van der Waals surface area (Å²) in [6.45, 7) is 0. The van der Waals surface area contributed by atoms with Crippen LogP contribution in [0.15, 0.2) is 42.7 Å². The number of aromatic nitrogens is 2. The molecule has 0 saturated heterocycles. The van der Waals surface area contributed by atoms with Gasteiger partial charge in [-0.25, -0.2) is 0 Å². The monoisotopic (exact) mass is 267 g/mol. The minimum atomic E-state index is 0.556. The molecule has 0 atom stereocenters. The third kappa shape index (κ3) is 1.96. The SMILES string of the molecule is Cn1c(-c2cncc(C#N)c2)cc2ccc(Cl)cc21. The molecule has 19 heavy (non-hydrogen) atoms. The van der Waals surface area contributed by atoms with Crippen LogP contribution in [0.1, 0.15) is 5.56 Å². The van der Waals surface area contributed by atoms with Crippen molar-refractivity contribution >= 4 is 22.5 Å². The second-order valence-electron chi connectivity index (χ2n) is 4.37. The highest BCUT2D eigenvalue weighted by Gasteiger charge is 2.09. The quantitative estimate of drug-likeness (QED) is 0.673. The first-order chi connectivity index (χ1) is 9.19. The van der Waals surface area contributed by atoms with Gasteiger partial charge in [-0.15, -0.1) is 0 Å². The molecule has 0 aliphatic carbocycles.